The maximum atomic E-state index is 13.1. The second kappa shape index (κ2) is 69.8. The minimum absolute atomic E-state index is 0.105. The number of aliphatic hydroxyl groups is 1. The zero-order valence-electron chi connectivity index (χ0n) is 63.4. The molecule has 0 aliphatic heterocycles. The largest absolute Gasteiger partial charge is 0.472 e. The van der Waals surface area contributed by atoms with Crippen molar-refractivity contribution in [3.8, 4) is 0 Å². The van der Waals surface area contributed by atoms with Gasteiger partial charge in [0.05, 0.1) is 26.4 Å². The van der Waals surface area contributed by atoms with Crippen LogP contribution in [0, 0.1) is 11.8 Å². The lowest BCUT2D eigenvalue weighted by Crippen LogP contribution is -2.30. The number of carbonyl (C=O) groups excluding carboxylic acids is 4. The second-order valence-electron chi connectivity index (χ2n) is 28.8. The molecular formula is C78H152O17P2. The van der Waals surface area contributed by atoms with Crippen molar-refractivity contribution < 1.29 is 80.2 Å². The third-order valence-electron chi connectivity index (χ3n) is 18.6. The zero-order valence-corrected chi connectivity index (χ0v) is 65.2. The summed E-state index contributed by atoms with van der Waals surface area (Å²) in [5, 5.41) is 10.6. The Labute approximate surface area is 594 Å². The van der Waals surface area contributed by atoms with E-state index < -0.39 is 97.5 Å². The van der Waals surface area contributed by atoms with Crippen LogP contribution in [-0.4, -0.2) is 96.7 Å². The van der Waals surface area contributed by atoms with E-state index in [4.69, 9.17) is 37.0 Å². The van der Waals surface area contributed by atoms with Crippen LogP contribution in [0.2, 0.25) is 0 Å². The fourth-order valence-corrected chi connectivity index (χ4v) is 13.6. The number of phosphoric ester groups is 2. The fourth-order valence-electron chi connectivity index (χ4n) is 12.0. The van der Waals surface area contributed by atoms with Gasteiger partial charge in [-0.25, -0.2) is 9.13 Å². The lowest BCUT2D eigenvalue weighted by Gasteiger charge is -2.21. The summed E-state index contributed by atoms with van der Waals surface area (Å²) < 4.78 is 68.6. The van der Waals surface area contributed by atoms with E-state index >= 15 is 0 Å². The van der Waals surface area contributed by atoms with E-state index in [-0.39, 0.29) is 25.7 Å². The third kappa shape index (κ3) is 70.9. The standard InChI is InChI=1S/C78H152O17P2/c1-7-10-12-14-16-18-20-22-23-24-25-26-27-28-29-31-37-44-50-56-62-77(82)94-73(66-89-76(81)61-55-49-43-36-33-32-34-40-46-52-58-70(4)5)68-92-96(84,85)90-64-72(79)65-91-97(86,87)93-69-74(95-78(83)63-57-51-45-39-38-41-47-53-59-71(6)9-3)67-88-75(80)60-54-48-42-35-30-21-19-17-15-13-11-8-2/h70-74,79H,7-69H2,1-6H3,(H,84,85)(H,86,87)/t71?,72-,73-,74-/m1/s1. The number of ether oxygens (including phenoxy) is 4. The second-order valence-corrected chi connectivity index (χ2v) is 31.7. The molecule has 576 valence electrons. The van der Waals surface area contributed by atoms with Crippen molar-refractivity contribution in [3.05, 3.63) is 0 Å². The van der Waals surface area contributed by atoms with E-state index in [1.165, 1.54) is 225 Å². The SMILES string of the molecule is CCCCCCCCCCCCCCCCCCCCCCC(=O)O[C@H](COC(=O)CCCCCCCCCCCCC(C)C)COP(=O)(O)OC[C@@H](O)COP(=O)(O)OC[C@@H](COC(=O)CCCCCCCCCCCCCC)OC(=O)CCCCCCCCCCC(C)CC. The zero-order chi connectivity index (χ0) is 71.4. The molecule has 0 amide bonds. The van der Waals surface area contributed by atoms with Crippen molar-refractivity contribution in [2.24, 2.45) is 11.8 Å². The number of unbranched alkanes of at least 4 members (excludes halogenated alkanes) is 46. The molecule has 19 heteroatoms. The van der Waals surface area contributed by atoms with Crippen molar-refractivity contribution in [1.29, 1.82) is 0 Å². The molecule has 3 N–H and O–H groups in total. The van der Waals surface area contributed by atoms with Crippen LogP contribution in [0.25, 0.3) is 0 Å². The fraction of sp³-hybridized carbons (Fsp3) is 0.949. The highest BCUT2D eigenvalue weighted by atomic mass is 31.2. The summed E-state index contributed by atoms with van der Waals surface area (Å²) >= 11 is 0. The van der Waals surface area contributed by atoms with Crippen LogP contribution in [0.4, 0.5) is 0 Å². The number of rotatable bonds is 77. The van der Waals surface area contributed by atoms with Gasteiger partial charge in [0.15, 0.2) is 12.2 Å². The Balaban J connectivity index is 5.23. The summed E-state index contributed by atoms with van der Waals surface area (Å²) in [6.45, 7) is 9.60. The van der Waals surface area contributed by atoms with Crippen LogP contribution in [0.3, 0.4) is 0 Å². The first kappa shape index (κ1) is 95.1. The summed E-state index contributed by atoms with van der Waals surface area (Å²) in [7, 11) is -9.91. The number of hydrogen-bond donors (Lipinski definition) is 3. The molecule has 0 heterocycles. The number of carbonyl (C=O) groups is 4. The number of aliphatic hydroxyl groups excluding tert-OH is 1. The van der Waals surface area contributed by atoms with Crippen molar-refractivity contribution in [2.45, 2.75) is 426 Å². The van der Waals surface area contributed by atoms with Crippen molar-refractivity contribution in [1.82, 2.24) is 0 Å². The molecule has 6 atom stereocenters. The smallest absolute Gasteiger partial charge is 0.462 e. The number of esters is 4. The number of hydrogen-bond acceptors (Lipinski definition) is 15. The van der Waals surface area contributed by atoms with Gasteiger partial charge >= 0.3 is 39.5 Å². The van der Waals surface area contributed by atoms with Crippen molar-refractivity contribution in [3.63, 3.8) is 0 Å². The van der Waals surface area contributed by atoms with Gasteiger partial charge in [-0.3, -0.25) is 37.3 Å². The Kier molecular flexibility index (Phi) is 68.4. The van der Waals surface area contributed by atoms with E-state index in [1.54, 1.807) is 0 Å². The molecule has 97 heavy (non-hydrogen) atoms. The third-order valence-corrected chi connectivity index (χ3v) is 20.5. The first-order valence-electron chi connectivity index (χ1n) is 40.5. The van der Waals surface area contributed by atoms with Crippen molar-refractivity contribution >= 4 is 39.5 Å². The number of phosphoric acid groups is 2. The predicted molar refractivity (Wildman–Crippen MR) is 395 cm³/mol. The Hall–Kier alpha value is -1.94. The Morgan fingerprint density at radius 2 is 0.526 bits per heavy atom. The molecule has 0 fully saturated rings. The quantitative estimate of drug-likeness (QED) is 0.0222. The molecule has 0 spiro atoms. The van der Waals surface area contributed by atoms with Crippen LogP contribution in [-0.2, 0) is 65.4 Å². The maximum absolute atomic E-state index is 13.1. The van der Waals surface area contributed by atoms with E-state index in [0.717, 1.165) is 102 Å². The molecule has 0 rings (SSSR count). The van der Waals surface area contributed by atoms with Crippen LogP contribution >= 0.6 is 15.6 Å². The predicted octanol–water partition coefficient (Wildman–Crippen LogP) is 23.1. The maximum Gasteiger partial charge on any atom is 0.472 e. The van der Waals surface area contributed by atoms with Crippen molar-refractivity contribution in [2.75, 3.05) is 39.6 Å². The summed E-state index contributed by atoms with van der Waals surface area (Å²) in [6, 6.07) is 0. The average Bonchev–Trinajstić information content (AvgIpc) is 1.57. The molecule has 0 aromatic rings. The van der Waals surface area contributed by atoms with Gasteiger partial charge in [0, 0.05) is 25.7 Å². The van der Waals surface area contributed by atoms with E-state index in [1.807, 2.05) is 0 Å². The van der Waals surface area contributed by atoms with Crippen LogP contribution in [0.1, 0.15) is 408 Å². The molecule has 0 saturated heterocycles. The summed E-state index contributed by atoms with van der Waals surface area (Å²) in [5.74, 6) is -0.586. The lowest BCUT2D eigenvalue weighted by atomic mass is 9.99. The van der Waals surface area contributed by atoms with E-state index in [2.05, 4.69) is 41.5 Å². The van der Waals surface area contributed by atoms with E-state index in [0.29, 0.717) is 25.7 Å². The van der Waals surface area contributed by atoms with Gasteiger partial charge in [-0.1, -0.05) is 356 Å². The molecule has 0 aliphatic carbocycles. The van der Waals surface area contributed by atoms with Gasteiger partial charge in [-0.15, -0.1) is 0 Å². The monoisotopic (exact) mass is 1420 g/mol. The van der Waals surface area contributed by atoms with Gasteiger partial charge in [-0.2, -0.15) is 0 Å². The van der Waals surface area contributed by atoms with Crippen LogP contribution in [0.5, 0.6) is 0 Å². The molecule has 0 aromatic carbocycles. The Morgan fingerprint density at radius 3 is 0.784 bits per heavy atom. The van der Waals surface area contributed by atoms with Gasteiger partial charge in [0.25, 0.3) is 0 Å². The normalized spacial score (nSPS) is 14.2. The molecule has 0 saturated carbocycles. The van der Waals surface area contributed by atoms with Gasteiger partial charge in [0.2, 0.25) is 0 Å². The highest BCUT2D eigenvalue weighted by molar-refractivity contribution is 7.47. The molecule has 0 aromatic heterocycles. The Bertz CT molecular complexity index is 1870. The highest BCUT2D eigenvalue weighted by Gasteiger charge is 2.30. The van der Waals surface area contributed by atoms with Gasteiger partial charge < -0.3 is 33.8 Å². The Morgan fingerprint density at radius 1 is 0.299 bits per heavy atom. The van der Waals surface area contributed by atoms with Gasteiger partial charge in [0.1, 0.15) is 19.3 Å². The lowest BCUT2D eigenvalue weighted by molar-refractivity contribution is -0.161. The van der Waals surface area contributed by atoms with Crippen LogP contribution < -0.4 is 0 Å². The molecular weight excluding hydrogens is 1270 g/mol. The molecule has 0 bridgehead atoms. The first-order chi connectivity index (χ1) is 46.9. The minimum Gasteiger partial charge on any atom is -0.462 e. The summed E-state index contributed by atoms with van der Waals surface area (Å²) in [6.07, 6.45) is 58.2. The molecule has 3 unspecified atom stereocenters. The first-order valence-corrected chi connectivity index (χ1v) is 43.5. The van der Waals surface area contributed by atoms with E-state index in [9.17, 15) is 43.2 Å². The van der Waals surface area contributed by atoms with Gasteiger partial charge in [-0.05, 0) is 37.5 Å². The average molecular weight is 1420 g/mol. The van der Waals surface area contributed by atoms with Crippen LogP contribution in [0.15, 0.2) is 0 Å². The highest BCUT2D eigenvalue weighted by Crippen LogP contribution is 2.45. The molecule has 0 aliphatic rings. The molecule has 17 nitrogen and oxygen atoms in total. The molecule has 0 radical (unpaired) electrons. The minimum atomic E-state index is -4.96. The summed E-state index contributed by atoms with van der Waals surface area (Å²) in [4.78, 5) is 72.9. The topological polar surface area (TPSA) is 237 Å². The summed E-state index contributed by atoms with van der Waals surface area (Å²) in [5.41, 5.74) is 0.